The average Bonchev–Trinajstić information content (AvgIpc) is 1.76. The van der Waals surface area contributed by atoms with E-state index >= 15 is 0 Å². The van der Waals surface area contributed by atoms with Gasteiger partial charge in [-0.25, -0.2) is 0 Å². The summed E-state index contributed by atoms with van der Waals surface area (Å²) in [6, 6.07) is -7.63. The van der Waals surface area contributed by atoms with Gasteiger partial charge in [-0.1, -0.05) is 169 Å². The Bertz CT molecular complexity index is 3380. The molecule has 117 heavy (non-hydrogen) atoms. The molecular formula is C71H120N18O20S8. The molecule has 46 heteroatoms. The Morgan fingerprint density at radius 2 is 0.624 bits per heavy atom. The highest BCUT2D eigenvalue weighted by atomic mass is 33.1. The van der Waals surface area contributed by atoms with Crippen molar-refractivity contribution >= 4 is 199 Å². The van der Waals surface area contributed by atoms with Crippen LogP contribution in [-0.2, 0) is 91.1 Å². The number of carbonyl (C=O) groups is 19. The molecule has 0 aliphatic carbocycles. The summed E-state index contributed by atoms with van der Waals surface area (Å²) in [5.41, 5.74) is 10.9. The quantitative estimate of drug-likeness (QED) is 0.0190. The first-order valence-electron chi connectivity index (χ1n) is 37.8. The SMILES string of the molecule is CC(C)(C)SSC[C@H](NC(=O)CNC(=O)CCCC(N)=O)C(=O)NCC(=O)N[C@@H](CSSC(C)(C)C)C(=O)NCC(=O)NCCCC[C@H](NC(=O)CNC(=O)[C@H](CSSC(C)(C)C)NC(=O)CNC(=O)[C@H](CSSC(C)(C)C)NC(=O)CNC(=O)CCCC(=O)NCCO)C(=O)N[C@@H](CCCCNC(=O)CCN1C(=O)C=CC1=O)C(N)=O. The monoisotopic (exact) mass is 1800 g/mol. The molecule has 0 aromatic rings. The fourth-order valence-electron chi connectivity index (χ4n) is 9.13. The van der Waals surface area contributed by atoms with Gasteiger partial charge in [0.1, 0.15) is 36.3 Å². The van der Waals surface area contributed by atoms with Crippen molar-refractivity contribution in [3.8, 4) is 0 Å². The van der Waals surface area contributed by atoms with Crippen molar-refractivity contribution in [1.82, 2.24) is 84.7 Å². The summed E-state index contributed by atoms with van der Waals surface area (Å²) in [4.78, 5) is 247. The van der Waals surface area contributed by atoms with Crippen LogP contribution in [0.25, 0.3) is 0 Å². The summed E-state index contributed by atoms with van der Waals surface area (Å²) in [6.45, 7) is 19.3. The molecule has 0 fully saturated rings. The van der Waals surface area contributed by atoms with Crippen LogP contribution in [0.1, 0.15) is 167 Å². The summed E-state index contributed by atoms with van der Waals surface area (Å²) >= 11 is 0. The van der Waals surface area contributed by atoms with Crippen molar-refractivity contribution in [2.45, 2.75) is 222 Å². The van der Waals surface area contributed by atoms with Gasteiger partial charge in [0, 0.05) is 112 Å². The summed E-state index contributed by atoms with van der Waals surface area (Å²) in [5.74, 6) is -13.0. The van der Waals surface area contributed by atoms with E-state index in [0.29, 0.717) is 6.42 Å². The van der Waals surface area contributed by atoms with Crippen molar-refractivity contribution in [2.24, 2.45) is 11.5 Å². The minimum atomic E-state index is -1.41. The number of aliphatic hydroxyl groups is 1. The maximum absolute atomic E-state index is 14.1. The maximum atomic E-state index is 14.1. The van der Waals surface area contributed by atoms with Crippen molar-refractivity contribution in [3.63, 3.8) is 0 Å². The smallest absolute Gasteiger partial charge is 0.253 e. The molecule has 1 aliphatic rings. The van der Waals surface area contributed by atoms with E-state index in [1.807, 2.05) is 83.1 Å². The number of hydrogen-bond donors (Lipinski definition) is 18. The summed E-state index contributed by atoms with van der Waals surface area (Å²) in [7, 11) is 10.7. The van der Waals surface area contributed by atoms with Crippen LogP contribution in [0.4, 0.5) is 0 Å². The molecule has 0 unspecified atom stereocenters. The molecule has 0 bridgehead atoms. The van der Waals surface area contributed by atoms with Gasteiger partial charge in [0.15, 0.2) is 0 Å². The number of hydrogen-bond acceptors (Lipinski definition) is 28. The molecule has 0 aromatic heterocycles. The Morgan fingerprint density at radius 3 is 0.957 bits per heavy atom. The Balaban J connectivity index is 3.30. The third kappa shape index (κ3) is 55.9. The number of aliphatic hydroxyl groups excluding tert-OH is 1. The van der Waals surface area contributed by atoms with Gasteiger partial charge in [0.05, 0.1) is 45.9 Å². The number of carbonyl (C=O) groups excluding carboxylic acids is 19. The third-order valence-electron chi connectivity index (χ3n) is 14.7. The standard InChI is InChI=1S/C71H120N18O20S8/c1-68(2,3)114-110-39-45(86-58(100)37-81-64(106)46(40-111-115-69(4,5)6)84-55(97)34-77-51(93)22-17-21-49(72)91)63(105)79-33-54(96)75-29-16-14-20-44(67(109)88-43(62(73)104)19-13-15-28-74-53(95)27-31-89-60(102)25-26-61(89)103)83-57(99)36-80-66(108)48(42-113-117-71(10,11)12)87-59(101)38-82-65(107)47(41-112-116-70(7,8)9)85-56(98)35-78-52(94)24-18-23-50(92)76-30-32-90/h25-26,43-48,90H,13-24,27-42H2,1-12H3,(H2,72,91)(H2,73,104)(H,74,95)(H,75,96)(H,76,92)(H,77,93)(H,78,94)(H,79,105)(H,80,108)(H,81,106)(H,82,107)(H,83,99)(H,84,97)(H,85,98)(H,86,100)(H,87,101)(H,88,109)/t43-,44-,45-,46-,47-,48-/m0/s1. The Kier molecular flexibility index (Phi) is 53.1. The van der Waals surface area contributed by atoms with Crippen LogP contribution in [0.5, 0.6) is 0 Å². The molecule has 0 spiro atoms. The second kappa shape index (κ2) is 57.7. The zero-order chi connectivity index (χ0) is 88.5. The highest BCUT2D eigenvalue weighted by Crippen LogP contribution is 2.38. The molecule has 19 amide bonds. The highest BCUT2D eigenvalue weighted by Gasteiger charge is 2.32. The van der Waals surface area contributed by atoms with Crippen LogP contribution >= 0.6 is 86.4 Å². The van der Waals surface area contributed by atoms with Crippen molar-refractivity contribution < 1.29 is 96.2 Å². The Hall–Kier alpha value is -7.37. The van der Waals surface area contributed by atoms with Gasteiger partial charge < -0.3 is 96.3 Å². The van der Waals surface area contributed by atoms with Crippen LogP contribution in [-0.4, -0.2) is 273 Å². The number of unbranched alkanes of at least 4 members (excludes halogenated alkanes) is 2. The lowest BCUT2D eigenvalue weighted by atomic mass is 10.1. The molecule has 38 nitrogen and oxygen atoms in total. The van der Waals surface area contributed by atoms with Crippen LogP contribution in [0, 0.1) is 0 Å². The molecule has 1 rings (SSSR count). The molecule has 0 saturated heterocycles. The number of nitrogens with one attached hydrogen (secondary N) is 15. The van der Waals surface area contributed by atoms with Crippen LogP contribution < -0.4 is 91.2 Å². The van der Waals surface area contributed by atoms with E-state index in [2.05, 4.69) is 79.8 Å². The topological polar surface area (TPSA) is 580 Å². The van der Waals surface area contributed by atoms with Crippen LogP contribution in [0.15, 0.2) is 12.2 Å². The minimum Gasteiger partial charge on any atom is -0.395 e. The number of nitrogens with zero attached hydrogens (tertiary/aromatic N) is 1. The predicted octanol–water partition coefficient (Wildman–Crippen LogP) is -1.38. The van der Waals surface area contributed by atoms with Gasteiger partial charge >= 0.3 is 0 Å². The first-order valence-corrected chi connectivity index (χ1v) is 47.1. The van der Waals surface area contributed by atoms with Crippen molar-refractivity contribution in [3.05, 3.63) is 12.2 Å². The van der Waals surface area contributed by atoms with Crippen LogP contribution in [0.2, 0.25) is 0 Å². The maximum Gasteiger partial charge on any atom is 0.253 e. The van der Waals surface area contributed by atoms with Crippen molar-refractivity contribution in [1.29, 1.82) is 0 Å². The molecule has 1 aliphatic heterocycles. The van der Waals surface area contributed by atoms with E-state index < -0.39 is 182 Å². The van der Waals surface area contributed by atoms with Gasteiger partial charge in [-0.2, -0.15) is 0 Å². The molecule has 6 atom stereocenters. The zero-order valence-electron chi connectivity index (χ0n) is 68.5. The Labute approximate surface area is 715 Å². The second-order valence-corrected chi connectivity index (χ2v) is 42.9. The number of primary amides is 2. The molecule has 1 heterocycles. The second-order valence-electron chi connectivity index (χ2n) is 30.3. The molecule has 662 valence electrons. The van der Waals surface area contributed by atoms with E-state index in [1.165, 1.54) is 86.4 Å². The van der Waals surface area contributed by atoms with E-state index in [-0.39, 0.29) is 158 Å². The largest absolute Gasteiger partial charge is 0.395 e. The number of amides is 19. The fraction of sp³-hybridized carbons (Fsp3) is 0.704. The zero-order valence-corrected chi connectivity index (χ0v) is 75.0. The average molecular weight is 1800 g/mol. The highest BCUT2D eigenvalue weighted by molar-refractivity contribution is 8.78. The minimum absolute atomic E-state index is 0.0103. The molecule has 0 saturated carbocycles. The molecular weight excluding hydrogens is 1680 g/mol. The first kappa shape index (κ1) is 108. The van der Waals surface area contributed by atoms with Crippen LogP contribution in [0.3, 0.4) is 0 Å². The number of nitrogens with two attached hydrogens (primary N) is 2. The summed E-state index contributed by atoms with van der Waals surface area (Å²) in [5, 5.41) is 47.0. The van der Waals surface area contributed by atoms with Crippen molar-refractivity contribution in [2.75, 3.05) is 95.1 Å². The first-order chi connectivity index (χ1) is 54.7. The molecule has 0 aromatic carbocycles. The predicted molar refractivity (Wildman–Crippen MR) is 459 cm³/mol. The molecule has 0 radical (unpaired) electrons. The normalized spacial score (nSPS) is 13.6. The lowest BCUT2D eigenvalue weighted by Gasteiger charge is -2.23. The lowest BCUT2D eigenvalue weighted by molar-refractivity contribution is -0.137. The van der Waals surface area contributed by atoms with Gasteiger partial charge in [0.2, 0.25) is 100 Å². The number of imide groups is 1. The lowest BCUT2D eigenvalue weighted by Crippen LogP contribution is -2.56. The van der Waals surface area contributed by atoms with E-state index in [4.69, 9.17) is 16.6 Å². The van der Waals surface area contributed by atoms with Gasteiger partial charge in [-0.3, -0.25) is 96.0 Å². The summed E-state index contributed by atoms with van der Waals surface area (Å²) < 4.78 is -1.10. The van der Waals surface area contributed by atoms with Gasteiger partial charge in [-0.05, 0) is 51.4 Å². The summed E-state index contributed by atoms with van der Waals surface area (Å²) in [6.07, 6.45) is 2.87. The fourth-order valence-corrected chi connectivity index (χ4v) is 19.0. The van der Waals surface area contributed by atoms with Gasteiger partial charge in [0.25, 0.3) is 11.8 Å². The Morgan fingerprint density at radius 1 is 0.333 bits per heavy atom. The molecule has 20 N–H and O–H groups in total. The number of rotatable bonds is 59. The van der Waals surface area contributed by atoms with E-state index in [0.717, 1.165) is 17.1 Å². The third-order valence-corrected chi connectivity index (χ3v) is 28.1. The van der Waals surface area contributed by atoms with E-state index in [9.17, 15) is 91.1 Å². The van der Waals surface area contributed by atoms with E-state index in [1.54, 1.807) is 0 Å². The van der Waals surface area contributed by atoms with Gasteiger partial charge in [-0.15, -0.1) is 0 Å².